The van der Waals surface area contributed by atoms with Crippen molar-refractivity contribution in [2.75, 3.05) is 12.4 Å². The number of nitrogens with one attached hydrogen (secondary N) is 1. The van der Waals surface area contributed by atoms with Gasteiger partial charge in [0.05, 0.1) is 12.7 Å². The summed E-state index contributed by atoms with van der Waals surface area (Å²) in [4.78, 5) is 25.7. The van der Waals surface area contributed by atoms with Crippen molar-refractivity contribution in [3.8, 4) is 0 Å². The summed E-state index contributed by atoms with van der Waals surface area (Å²) in [5.41, 5.74) is 1.72. The van der Waals surface area contributed by atoms with Gasteiger partial charge in [-0.15, -0.1) is 11.3 Å². The van der Waals surface area contributed by atoms with E-state index in [1.54, 1.807) is 11.3 Å². The minimum absolute atomic E-state index is 0.0608. The van der Waals surface area contributed by atoms with Crippen LogP contribution in [0.15, 0.2) is 0 Å². The number of methoxy groups -OCH3 is 1. The van der Waals surface area contributed by atoms with Crippen LogP contribution in [0, 0.1) is 5.92 Å². The molecule has 0 unspecified atom stereocenters. The highest BCUT2D eigenvalue weighted by atomic mass is 32.1. The molecule has 1 heterocycles. The molecule has 0 aliphatic heterocycles. The average molecular weight is 321 g/mol. The summed E-state index contributed by atoms with van der Waals surface area (Å²) in [5, 5.41) is 3.71. The summed E-state index contributed by atoms with van der Waals surface area (Å²) in [5.74, 6) is -0.136. The van der Waals surface area contributed by atoms with Crippen molar-refractivity contribution in [3.63, 3.8) is 0 Å². The molecule has 5 heteroatoms. The van der Waals surface area contributed by atoms with Gasteiger partial charge in [0.1, 0.15) is 5.00 Å². The van der Waals surface area contributed by atoms with E-state index in [1.807, 2.05) is 0 Å². The number of hydrogen-bond acceptors (Lipinski definition) is 4. The second kappa shape index (κ2) is 6.82. The molecule has 2 aliphatic carbocycles. The summed E-state index contributed by atoms with van der Waals surface area (Å²) < 4.78 is 4.97. The molecule has 1 amide bonds. The molecule has 1 aromatic heterocycles. The van der Waals surface area contributed by atoms with Gasteiger partial charge in [-0.1, -0.05) is 19.3 Å². The standard InChI is InChI=1S/C17H23NO3S/c1-21-17(20)14-12-9-4-2-3-5-10-13(12)22-16(14)18-15(19)11-7-6-8-11/h11H,2-10H2,1H3,(H,18,19). The van der Waals surface area contributed by atoms with E-state index in [-0.39, 0.29) is 17.8 Å². The lowest BCUT2D eigenvalue weighted by atomic mass is 9.85. The Bertz CT molecular complexity index is 575. The van der Waals surface area contributed by atoms with Gasteiger partial charge in [0.2, 0.25) is 5.91 Å². The number of ether oxygens (including phenoxy) is 1. The SMILES string of the molecule is COC(=O)c1c(NC(=O)C2CCC2)sc2c1CCCCCC2. The van der Waals surface area contributed by atoms with Crippen LogP contribution in [0.3, 0.4) is 0 Å². The van der Waals surface area contributed by atoms with Gasteiger partial charge >= 0.3 is 5.97 Å². The molecule has 22 heavy (non-hydrogen) atoms. The fourth-order valence-electron chi connectivity index (χ4n) is 3.21. The minimum atomic E-state index is -0.318. The summed E-state index contributed by atoms with van der Waals surface area (Å²) in [7, 11) is 1.41. The van der Waals surface area contributed by atoms with Gasteiger partial charge in [0.25, 0.3) is 0 Å². The third-order valence-electron chi connectivity index (χ3n) is 4.77. The van der Waals surface area contributed by atoms with Crippen LogP contribution < -0.4 is 5.32 Å². The Kier molecular flexibility index (Phi) is 4.81. The van der Waals surface area contributed by atoms with Crippen molar-refractivity contribution in [2.24, 2.45) is 5.92 Å². The number of aryl methyl sites for hydroxylation is 1. The normalized spacial score (nSPS) is 18.6. The zero-order valence-corrected chi connectivity index (χ0v) is 13.9. The Balaban J connectivity index is 1.91. The van der Waals surface area contributed by atoms with Gasteiger partial charge in [-0.25, -0.2) is 4.79 Å². The van der Waals surface area contributed by atoms with E-state index < -0.39 is 0 Å². The zero-order valence-electron chi connectivity index (χ0n) is 13.1. The molecule has 0 aromatic carbocycles. The number of amides is 1. The van der Waals surface area contributed by atoms with E-state index in [1.165, 1.54) is 24.8 Å². The van der Waals surface area contributed by atoms with Gasteiger partial charge in [-0.2, -0.15) is 0 Å². The predicted octanol–water partition coefficient (Wildman–Crippen LogP) is 3.93. The highest BCUT2D eigenvalue weighted by Crippen LogP contribution is 2.38. The first kappa shape index (κ1) is 15.5. The first-order valence-corrected chi connectivity index (χ1v) is 9.06. The third-order valence-corrected chi connectivity index (χ3v) is 5.98. The number of carbonyl (C=O) groups is 2. The highest BCUT2D eigenvalue weighted by Gasteiger charge is 2.29. The van der Waals surface area contributed by atoms with Crippen LogP contribution in [0.1, 0.15) is 65.7 Å². The van der Waals surface area contributed by atoms with Crippen molar-refractivity contribution >= 4 is 28.2 Å². The maximum atomic E-state index is 12.2. The first-order valence-electron chi connectivity index (χ1n) is 8.24. The lowest BCUT2D eigenvalue weighted by Gasteiger charge is -2.23. The fourth-order valence-corrected chi connectivity index (χ4v) is 4.49. The number of rotatable bonds is 3. The predicted molar refractivity (Wildman–Crippen MR) is 87.5 cm³/mol. The van der Waals surface area contributed by atoms with E-state index in [9.17, 15) is 9.59 Å². The quantitative estimate of drug-likeness (QED) is 0.858. The zero-order chi connectivity index (χ0) is 15.5. The van der Waals surface area contributed by atoms with Crippen LogP contribution in [0.5, 0.6) is 0 Å². The Morgan fingerprint density at radius 3 is 2.45 bits per heavy atom. The van der Waals surface area contributed by atoms with Crippen LogP contribution in [-0.2, 0) is 22.4 Å². The number of anilines is 1. The van der Waals surface area contributed by atoms with Crippen LogP contribution in [0.4, 0.5) is 5.00 Å². The third kappa shape index (κ3) is 3.05. The molecule has 1 aromatic rings. The lowest BCUT2D eigenvalue weighted by molar-refractivity contribution is -0.122. The molecular weight excluding hydrogens is 298 g/mol. The van der Waals surface area contributed by atoms with Crippen molar-refractivity contribution in [3.05, 3.63) is 16.0 Å². The minimum Gasteiger partial charge on any atom is -0.465 e. The monoisotopic (exact) mass is 321 g/mol. The largest absolute Gasteiger partial charge is 0.465 e. The molecule has 0 radical (unpaired) electrons. The molecule has 1 saturated carbocycles. The Morgan fingerprint density at radius 2 is 1.82 bits per heavy atom. The number of esters is 1. The molecule has 120 valence electrons. The van der Waals surface area contributed by atoms with Gasteiger partial charge in [0.15, 0.2) is 0 Å². The number of carbonyl (C=O) groups excluding carboxylic acids is 2. The first-order chi connectivity index (χ1) is 10.7. The second-order valence-corrected chi connectivity index (χ2v) is 7.34. The summed E-state index contributed by atoms with van der Waals surface area (Å²) >= 11 is 1.58. The lowest BCUT2D eigenvalue weighted by Crippen LogP contribution is -2.28. The molecule has 1 N–H and O–H groups in total. The summed E-state index contributed by atoms with van der Waals surface area (Å²) in [6, 6.07) is 0. The topological polar surface area (TPSA) is 55.4 Å². The second-order valence-electron chi connectivity index (χ2n) is 6.23. The van der Waals surface area contributed by atoms with E-state index in [0.717, 1.165) is 50.5 Å². The van der Waals surface area contributed by atoms with Crippen LogP contribution in [0.25, 0.3) is 0 Å². The van der Waals surface area contributed by atoms with Crippen molar-refractivity contribution < 1.29 is 14.3 Å². The van der Waals surface area contributed by atoms with Crippen molar-refractivity contribution in [2.45, 2.75) is 57.8 Å². The van der Waals surface area contributed by atoms with Gasteiger partial charge in [0, 0.05) is 10.8 Å². The maximum absolute atomic E-state index is 12.2. The Morgan fingerprint density at radius 1 is 1.09 bits per heavy atom. The smallest absolute Gasteiger partial charge is 0.341 e. The molecular formula is C17H23NO3S. The molecule has 0 spiro atoms. The average Bonchev–Trinajstić information content (AvgIpc) is 2.73. The molecule has 1 fully saturated rings. The maximum Gasteiger partial charge on any atom is 0.341 e. The number of hydrogen-bond donors (Lipinski definition) is 1. The Labute approximate surface area is 135 Å². The highest BCUT2D eigenvalue weighted by molar-refractivity contribution is 7.17. The van der Waals surface area contributed by atoms with E-state index >= 15 is 0 Å². The van der Waals surface area contributed by atoms with Gasteiger partial charge < -0.3 is 10.1 Å². The van der Waals surface area contributed by atoms with E-state index in [4.69, 9.17) is 4.74 Å². The molecule has 0 bridgehead atoms. The molecule has 3 rings (SSSR count). The van der Waals surface area contributed by atoms with E-state index in [0.29, 0.717) is 10.6 Å². The molecule has 4 nitrogen and oxygen atoms in total. The summed E-state index contributed by atoms with van der Waals surface area (Å²) in [6.45, 7) is 0. The van der Waals surface area contributed by atoms with Crippen molar-refractivity contribution in [1.82, 2.24) is 0 Å². The van der Waals surface area contributed by atoms with Crippen LogP contribution in [0.2, 0.25) is 0 Å². The molecule has 0 saturated heterocycles. The Hall–Kier alpha value is -1.36. The van der Waals surface area contributed by atoms with Crippen LogP contribution in [-0.4, -0.2) is 19.0 Å². The number of fused-ring (bicyclic) bond motifs is 1. The van der Waals surface area contributed by atoms with Crippen LogP contribution >= 0.6 is 11.3 Å². The molecule has 2 aliphatic rings. The summed E-state index contributed by atoms with van der Waals surface area (Å²) in [6.07, 6.45) is 9.68. The molecule has 0 atom stereocenters. The van der Waals surface area contributed by atoms with E-state index in [2.05, 4.69) is 5.32 Å². The number of thiophene rings is 1. The van der Waals surface area contributed by atoms with Crippen molar-refractivity contribution in [1.29, 1.82) is 0 Å². The fraction of sp³-hybridized carbons (Fsp3) is 0.647. The van der Waals surface area contributed by atoms with Gasteiger partial charge in [-0.3, -0.25) is 4.79 Å². The van der Waals surface area contributed by atoms with Gasteiger partial charge in [-0.05, 0) is 44.1 Å².